The highest BCUT2D eigenvalue weighted by atomic mass is 35.5. The van der Waals surface area contributed by atoms with E-state index in [0.717, 1.165) is 31.4 Å². The Morgan fingerprint density at radius 1 is 1.27 bits per heavy atom. The predicted molar refractivity (Wildman–Crippen MR) is 112 cm³/mol. The molecule has 0 saturated carbocycles. The molecular weight excluding hydrogens is 408 g/mol. The van der Waals surface area contributed by atoms with Gasteiger partial charge in [0.15, 0.2) is 5.78 Å². The lowest BCUT2D eigenvalue weighted by atomic mass is 9.90. The number of aromatic nitrogens is 1. The van der Waals surface area contributed by atoms with Gasteiger partial charge >= 0.3 is 0 Å². The number of allylic oxidation sites excluding steroid dienone is 1. The van der Waals surface area contributed by atoms with Crippen molar-refractivity contribution in [3.05, 3.63) is 34.6 Å². The second-order valence-electron chi connectivity index (χ2n) is 7.81. The smallest absolute Gasteiger partial charge is 0.248 e. The molecule has 1 aromatic heterocycles. The second-order valence-corrected chi connectivity index (χ2v) is 8.19. The van der Waals surface area contributed by atoms with E-state index in [4.69, 9.17) is 21.4 Å². The van der Waals surface area contributed by atoms with Crippen molar-refractivity contribution in [3.8, 4) is 5.88 Å². The number of aliphatic imine (C=N–C) groups is 1. The summed E-state index contributed by atoms with van der Waals surface area (Å²) in [6.07, 6.45) is 5.90. The van der Waals surface area contributed by atoms with Crippen LogP contribution in [0.2, 0.25) is 0 Å². The van der Waals surface area contributed by atoms with Gasteiger partial charge in [-0.05, 0) is 30.4 Å². The van der Waals surface area contributed by atoms with E-state index in [1.165, 1.54) is 0 Å². The van der Waals surface area contributed by atoms with E-state index in [-0.39, 0.29) is 29.4 Å². The first-order chi connectivity index (χ1) is 14.5. The summed E-state index contributed by atoms with van der Waals surface area (Å²) >= 11 is 6.17. The first-order valence-corrected chi connectivity index (χ1v) is 10.6. The highest BCUT2D eigenvalue weighted by Crippen LogP contribution is 2.30. The number of piperidine rings is 1. The number of rotatable bonds is 5. The molecule has 160 valence electrons. The van der Waals surface area contributed by atoms with Crippen LogP contribution < -0.4 is 4.74 Å². The van der Waals surface area contributed by atoms with Gasteiger partial charge in [0.25, 0.3) is 0 Å². The number of carbonyl (C=O) groups is 2. The van der Waals surface area contributed by atoms with Gasteiger partial charge in [-0.1, -0.05) is 11.6 Å². The number of dihydropyridines is 1. The van der Waals surface area contributed by atoms with Crippen LogP contribution in [0.3, 0.4) is 0 Å². The Labute approximate surface area is 180 Å². The fraction of sp³-hybridized carbons (Fsp3) is 0.524. The van der Waals surface area contributed by atoms with Crippen molar-refractivity contribution < 1.29 is 19.4 Å². The van der Waals surface area contributed by atoms with Crippen LogP contribution >= 0.6 is 11.6 Å². The fourth-order valence-corrected chi connectivity index (χ4v) is 4.45. The number of nitrogens with zero attached hydrogens (tertiary/aromatic N) is 4. The van der Waals surface area contributed by atoms with Gasteiger partial charge in [0, 0.05) is 44.5 Å². The van der Waals surface area contributed by atoms with Crippen LogP contribution in [0, 0.1) is 0 Å². The number of likely N-dealkylation sites (tertiary alicyclic amines) is 2. The minimum atomic E-state index is -0.432. The lowest BCUT2D eigenvalue weighted by Gasteiger charge is -2.32. The van der Waals surface area contributed by atoms with E-state index < -0.39 is 6.61 Å². The number of pyridine rings is 1. The Hall–Kier alpha value is -2.45. The first-order valence-electron chi connectivity index (χ1n) is 10.2. The highest BCUT2D eigenvalue weighted by Gasteiger charge is 2.30. The number of carbonyl (C=O) groups excluding carboxylic acids is 2. The summed E-state index contributed by atoms with van der Waals surface area (Å²) in [5.41, 5.74) is 1.83. The van der Waals surface area contributed by atoms with E-state index in [1.54, 1.807) is 17.3 Å². The molecule has 30 heavy (non-hydrogen) atoms. The Kier molecular flexibility index (Phi) is 6.34. The summed E-state index contributed by atoms with van der Waals surface area (Å²) in [6.45, 7) is 2.34. The highest BCUT2D eigenvalue weighted by molar-refractivity contribution is 6.44. The van der Waals surface area contributed by atoms with E-state index in [2.05, 4.69) is 9.98 Å². The average Bonchev–Trinajstić information content (AvgIpc) is 3.23. The molecule has 3 aliphatic heterocycles. The van der Waals surface area contributed by atoms with Crippen LogP contribution in [0.25, 0.3) is 0 Å². The topological polar surface area (TPSA) is 95.3 Å². The minimum Gasteiger partial charge on any atom is -0.472 e. The number of ether oxygens (including phenoxy) is 1. The fourth-order valence-electron chi connectivity index (χ4n) is 4.22. The third-order valence-electron chi connectivity index (χ3n) is 5.90. The number of hydrogen-bond acceptors (Lipinski definition) is 7. The summed E-state index contributed by atoms with van der Waals surface area (Å²) in [7, 11) is 0. The van der Waals surface area contributed by atoms with Crippen LogP contribution in [0.1, 0.15) is 30.7 Å². The molecule has 0 bridgehead atoms. The van der Waals surface area contributed by atoms with Crippen molar-refractivity contribution in [2.75, 3.05) is 39.3 Å². The zero-order valence-electron chi connectivity index (χ0n) is 16.7. The molecule has 2 saturated heterocycles. The molecule has 4 heterocycles. The van der Waals surface area contributed by atoms with Crippen molar-refractivity contribution in [2.45, 2.75) is 31.3 Å². The largest absolute Gasteiger partial charge is 0.472 e. The van der Waals surface area contributed by atoms with Crippen LogP contribution in [0.5, 0.6) is 5.88 Å². The van der Waals surface area contributed by atoms with Gasteiger partial charge in [0.1, 0.15) is 24.3 Å². The second kappa shape index (κ2) is 9.14. The lowest BCUT2D eigenvalue weighted by Crippen LogP contribution is -2.39. The van der Waals surface area contributed by atoms with E-state index in [1.807, 2.05) is 17.0 Å². The monoisotopic (exact) mass is 432 g/mol. The van der Waals surface area contributed by atoms with Crippen molar-refractivity contribution in [3.63, 3.8) is 0 Å². The molecule has 0 aromatic carbocycles. The number of ketones is 1. The maximum absolute atomic E-state index is 11.8. The number of amides is 1. The summed E-state index contributed by atoms with van der Waals surface area (Å²) in [4.78, 5) is 35.6. The van der Waals surface area contributed by atoms with Crippen molar-refractivity contribution in [2.24, 2.45) is 4.99 Å². The molecule has 0 radical (unpaired) electrons. The molecule has 1 atom stereocenters. The first kappa shape index (κ1) is 20.8. The van der Waals surface area contributed by atoms with Gasteiger partial charge in [-0.15, -0.1) is 0 Å². The van der Waals surface area contributed by atoms with Crippen LogP contribution in [0.15, 0.2) is 34.1 Å². The summed E-state index contributed by atoms with van der Waals surface area (Å²) in [5, 5.41) is 9.27. The standard InChI is InChI=1S/C21H25ClN4O4/c22-21-17(10-23-11-18(21)28)26-8-4-16(12-26)30-19-9-15(1-5-24-19)14-2-6-25(7-3-14)20(29)13-27/h1,5,9-10,14,16,27H,2-4,6-8,11-13H2/t16-/m1/s1. The Morgan fingerprint density at radius 2 is 2.07 bits per heavy atom. The van der Waals surface area contributed by atoms with E-state index in [0.29, 0.717) is 37.1 Å². The summed E-state index contributed by atoms with van der Waals surface area (Å²) < 4.78 is 6.12. The number of Topliss-reactive ketones (excluding diaryl/α,β-unsaturated/α-hetero) is 1. The third-order valence-corrected chi connectivity index (χ3v) is 6.31. The molecule has 1 aromatic rings. The van der Waals surface area contributed by atoms with Gasteiger partial charge in [-0.25, -0.2) is 4.98 Å². The van der Waals surface area contributed by atoms with Gasteiger partial charge in [0.2, 0.25) is 11.8 Å². The Bertz CT molecular complexity index is 880. The van der Waals surface area contributed by atoms with Gasteiger partial charge in [-0.2, -0.15) is 0 Å². The lowest BCUT2D eigenvalue weighted by molar-refractivity contribution is -0.135. The average molecular weight is 433 g/mol. The normalized spacial score (nSPS) is 22.7. The summed E-state index contributed by atoms with van der Waals surface area (Å²) in [5.74, 6) is 0.561. The van der Waals surface area contributed by atoms with Crippen LogP contribution in [-0.2, 0) is 9.59 Å². The molecule has 0 unspecified atom stereocenters. The van der Waals surface area contributed by atoms with Crippen LogP contribution in [-0.4, -0.2) is 83.2 Å². The van der Waals surface area contributed by atoms with Gasteiger partial charge < -0.3 is 19.6 Å². The summed E-state index contributed by atoms with van der Waals surface area (Å²) in [6, 6.07) is 3.98. The molecular formula is C21H25ClN4O4. The number of aliphatic hydroxyl groups is 1. The third kappa shape index (κ3) is 4.49. The molecule has 2 fully saturated rings. The molecule has 8 nitrogen and oxygen atoms in total. The van der Waals surface area contributed by atoms with Crippen molar-refractivity contribution in [1.82, 2.24) is 14.8 Å². The van der Waals surface area contributed by atoms with Gasteiger partial charge in [0.05, 0.1) is 12.2 Å². The SMILES string of the molecule is O=C1CN=CC(N2CC[C@@H](Oc3cc(C4CCN(C(=O)CO)CC4)ccn3)C2)=C1Cl. The minimum absolute atomic E-state index is 0.0424. The predicted octanol–water partition coefficient (Wildman–Crippen LogP) is 1.34. The zero-order valence-corrected chi connectivity index (χ0v) is 17.4. The molecule has 0 spiro atoms. The quantitative estimate of drug-likeness (QED) is 0.754. The number of aliphatic hydroxyl groups excluding tert-OH is 1. The zero-order chi connectivity index (χ0) is 21.1. The maximum Gasteiger partial charge on any atom is 0.248 e. The van der Waals surface area contributed by atoms with Crippen molar-refractivity contribution in [1.29, 1.82) is 0 Å². The molecule has 1 N–H and O–H groups in total. The molecule has 0 aliphatic carbocycles. The Morgan fingerprint density at radius 3 is 2.83 bits per heavy atom. The van der Waals surface area contributed by atoms with E-state index >= 15 is 0 Å². The maximum atomic E-state index is 11.8. The van der Waals surface area contributed by atoms with Crippen LogP contribution in [0.4, 0.5) is 0 Å². The Balaban J connectivity index is 1.35. The molecule has 4 rings (SSSR count). The van der Waals surface area contributed by atoms with E-state index in [9.17, 15) is 9.59 Å². The molecule has 1 amide bonds. The number of hydrogen-bond donors (Lipinski definition) is 1. The molecule has 3 aliphatic rings. The van der Waals surface area contributed by atoms with Gasteiger partial charge in [-0.3, -0.25) is 14.6 Å². The number of halogens is 1. The molecule has 9 heteroatoms. The van der Waals surface area contributed by atoms with Crippen molar-refractivity contribution >= 4 is 29.5 Å².